The molecule has 0 aliphatic carbocycles. The Kier molecular flexibility index (Phi) is 6.86. The third-order valence-corrected chi connectivity index (χ3v) is 5.30. The number of nitrogens with one attached hydrogen (secondary N) is 3. The van der Waals surface area contributed by atoms with Crippen LogP contribution in [0.4, 0.5) is 16.2 Å². The number of aromatic nitrogens is 1. The average Bonchev–Trinajstić information content (AvgIpc) is 2.79. The summed E-state index contributed by atoms with van der Waals surface area (Å²) in [6.45, 7) is 2.17. The number of nitrogens with zero attached hydrogens (tertiary/aromatic N) is 2. The Hall–Kier alpha value is -3.59. The molecule has 2 heterocycles. The normalized spacial score (nSPS) is 13.3. The molecule has 1 fully saturated rings. The van der Waals surface area contributed by atoms with Gasteiger partial charge in [0.05, 0.1) is 18.4 Å². The standard InChI is InChI=1S/C23H22BrN5O3/c24-17-2-1-3-20(12-17)32-22-9-6-18(14-26-22)28-23(31)27-13-16-4-7-19(8-5-16)29-11-10-25-21(30)15-29/h1-9,12,14H,10-11,13,15H2,(H,25,30)(H2,27,28,31). The van der Waals surface area contributed by atoms with Gasteiger partial charge in [0.1, 0.15) is 5.75 Å². The Labute approximate surface area is 194 Å². The molecule has 8 nitrogen and oxygen atoms in total. The van der Waals surface area contributed by atoms with Crippen molar-refractivity contribution in [2.75, 3.05) is 29.9 Å². The van der Waals surface area contributed by atoms with Crippen molar-refractivity contribution in [3.8, 4) is 11.6 Å². The van der Waals surface area contributed by atoms with E-state index < -0.39 is 0 Å². The predicted molar refractivity (Wildman–Crippen MR) is 126 cm³/mol. The second-order valence-corrected chi connectivity index (χ2v) is 8.11. The fourth-order valence-electron chi connectivity index (χ4n) is 3.21. The first-order valence-electron chi connectivity index (χ1n) is 10.1. The van der Waals surface area contributed by atoms with Gasteiger partial charge in [-0.1, -0.05) is 34.1 Å². The third-order valence-electron chi connectivity index (χ3n) is 4.81. The molecule has 9 heteroatoms. The average molecular weight is 496 g/mol. The minimum Gasteiger partial charge on any atom is -0.439 e. The second kappa shape index (κ2) is 10.1. The first-order valence-corrected chi connectivity index (χ1v) is 10.9. The van der Waals surface area contributed by atoms with Gasteiger partial charge in [0.15, 0.2) is 0 Å². The number of hydrogen-bond acceptors (Lipinski definition) is 5. The first kappa shape index (κ1) is 21.6. The largest absolute Gasteiger partial charge is 0.439 e. The molecule has 0 atom stereocenters. The second-order valence-electron chi connectivity index (χ2n) is 7.19. The number of urea groups is 1. The number of carbonyl (C=O) groups is 2. The van der Waals surface area contributed by atoms with Gasteiger partial charge in [-0.3, -0.25) is 4.79 Å². The molecular formula is C23H22BrN5O3. The Balaban J connectivity index is 1.25. The van der Waals surface area contributed by atoms with Crippen LogP contribution in [0.2, 0.25) is 0 Å². The number of pyridine rings is 1. The number of anilines is 2. The molecule has 4 rings (SSSR count). The zero-order chi connectivity index (χ0) is 22.3. The van der Waals surface area contributed by atoms with Gasteiger partial charge in [-0.2, -0.15) is 0 Å². The van der Waals surface area contributed by atoms with E-state index in [1.807, 2.05) is 53.4 Å². The van der Waals surface area contributed by atoms with E-state index in [-0.39, 0.29) is 11.9 Å². The molecule has 0 radical (unpaired) electrons. The van der Waals surface area contributed by atoms with Crippen molar-refractivity contribution in [3.63, 3.8) is 0 Å². The number of amides is 3. The highest BCUT2D eigenvalue weighted by molar-refractivity contribution is 9.10. The molecule has 1 saturated heterocycles. The highest BCUT2D eigenvalue weighted by Crippen LogP contribution is 2.23. The van der Waals surface area contributed by atoms with E-state index in [0.717, 1.165) is 22.3 Å². The molecule has 0 saturated carbocycles. The van der Waals surface area contributed by atoms with Crippen LogP contribution in [0.3, 0.4) is 0 Å². The summed E-state index contributed by atoms with van der Waals surface area (Å²) >= 11 is 3.40. The van der Waals surface area contributed by atoms with Crippen LogP contribution in [0.15, 0.2) is 71.3 Å². The highest BCUT2D eigenvalue weighted by atomic mass is 79.9. The van der Waals surface area contributed by atoms with Crippen LogP contribution < -0.4 is 25.6 Å². The molecule has 3 amide bonds. The predicted octanol–water partition coefficient (Wildman–Crippen LogP) is 3.89. The Morgan fingerprint density at radius 3 is 2.72 bits per heavy atom. The van der Waals surface area contributed by atoms with Gasteiger partial charge in [0.25, 0.3) is 0 Å². The number of piperazine rings is 1. The van der Waals surface area contributed by atoms with Crippen LogP contribution in [0, 0.1) is 0 Å². The lowest BCUT2D eigenvalue weighted by atomic mass is 10.2. The monoisotopic (exact) mass is 495 g/mol. The van der Waals surface area contributed by atoms with Crippen LogP contribution in [0.25, 0.3) is 0 Å². The first-order chi connectivity index (χ1) is 15.5. The van der Waals surface area contributed by atoms with Crippen molar-refractivity contribution in [1.29, 1.82) is 0 Å². The maximum Gasteiger partial charge on any atom is 0.319 e. The quantitative estimate of drug-likeness (QED) is 0.482. The molecule has 2 aromatic carbocycles. The van der Waals surface area contributed by atoms with Crippen LogP contribution in [0.1, 0.15) is 5.56 Å². The van der Waals surface area contributed by atoms with Gasteiger partial charge in [0.2, 0.25) is 11.8 Å². The van der Waals surface area contributed by atoms with Crippen molar-refractivity contribution in [3.05, 3.63) is 76.9 Å². The summed E-state index contributed by atoms with van der Waals surface area (Å²) in [6.07, 6.45) is 1.54. The van der Waals surface area contributed by atoms with Crippen LogP contribution in [-0.4, -0.2) is 36.6 Å². The molecule has 164 valence electrons. The van der Waals surface area contributed by atoms with E-state index >= 15 is 0 Å². The van der Waals surface area contributed by atoms with Gasteiger partial charge in [-0.15, -0.1) is 0 Å². The number of ether oxygens (including phenoxy) is 1. The Bertz CT molecular complexity index is 1090. The summed E-state index contributed by atoms with van der Waals surface area (Å²) in [5, 5.41) is 8.39. The van der Waals surface area contributed by atoms with E-state index in [9.17, 15) is 9.59 Å². The maximum absolute atomic E-state index is 12.2. The van der Waals surface area contributed by atoms with Crippen molar-refractivity contribution in [2.24, 2.45) is 0 Å². The third kappa shape index (κ3) is 5.98. The summed E-state index contributed by atoms with van der Waals surface area (Å²) in [6, 6.07) is 18.4. The molecular weight excluding hydrogens is 474 g/mol. The Morgan fingerprint density at radius 1 is 1.16 bits per heavy atom. The zero-order valence-electron chi connectivity index (χ0n) is 17.2. The lowest BCUT2D eigenvalue weighted by Gasteiger charge is -2.28. The van der Waals surface area contributed by atoms with Crippen LogP contribution >= 0.6 is 15.9 Å². The highest BCUT2D eigenvalue weighted by Gasteiger charge is 2.16. The zero-order valence-corrected chi connectivity index (χ0v) is 18.8. The minimum absolute atomic E-state index is 0.0286. The van der Waals surface area contributed by atoms with Crippen molar-refractivity contribution in [2.45, 2.75) is 6.54 Å². The smallest absolute Gasteiger partial charge is 0.319 e. The SMILES string of the molecule is O=C1CN(c2ccc(CNC(=O)Nc3ccc(Oc4cccc(Br)c4)nc3)cc2)CCN1. The van der Waals surface area contributed by atoms with E-state index in [2.05, 4.69) is 36.9 Å². The summed E-state index contributed by atoms with van der Waals surface area (Å²) in [7, 11) is 0. The summed E-state index contributed by atoms with van der Waals surface area (Å²) in [5.74, 6) is 1.13. The van der Waals surface area contributed by atoms with Gasteiger partial charge in [-0.05, 0) is 42.0 Å². The minimum atomic E-state index is -0.329. The molecule has 3 aromatic rings. The van der Waals surface area contributed by atoms with Gasteiger partial charge < -0.3 is 25.6 Å². The summed E-state index contributed by atoms with van der Waals surface area (Å²) in [5.41, 5.74) is 2.51. The number of carbonyl (C=O) groups excluding carboxylic acids is 2. The van der Waals surface area contributed by atoms with Crippen LogP contribution in [0.5, 0.6) is 11.6 Å². The van der Waals surface area contributed by atoms with E-state index in [1.54, 1.807) is 12.1 Å². The molecule has 1 aromatic heterocycles. The number of halogens is 1. The molecule has 0 unspecified atom stereocenters. The molecule has 0 spiro atoms. The van der Waals surface area contributed by atoms with E-state index in [0.29, 0.717) is 37.0 Å². The fraction of sp³-hybridized carbons (Fsp3) is 0.174. The van der Waals surface area contributed by atoms with Crippen molar-refractivity contribution < 1.29 is 14.3 Å². The summed E-state index contributed by atoms with van der Waals surface area (Å²) < 4.78 is 6.60. The number of hydrogen-bond donors (Lipinski definition) is 3. The Morgan fingerprint density at radius 2 is 2.00 bits per heavy atom. The molecule has 32 heavy (non-hydrogen) atoms. The maximum atomic E-state index is 12.2. The van der Waals surface area contributed by atoms with Gasteiger partial charge in [0, 0.05) is 35.9 Å². The molecule has 3 N–H and O–H groups in total. The van der Waals surface area contributed by atoms with E-state index in [4.69, 9.17) is 4.74 Å². The molecule has 1 aliphatic rings. The number of rotatable bonds is 6. The number of benzene rings is 2. The van der Waals surface area contributed by atoms with Crippen LogP contribution in [-0.2, 0) is 11.3 Å². The topological polar surface area (TPSA) is 95.6 Å². The lowest BCUT2D eigenvalue weighted by molar-refractivity contribution is -0.120. The van der Waals surface area contributed by atoms with Gasteiger partial charge in [-0.25, -0.2) is 9.78 Å². The fourth-order valence-corrected chi connectivity index (χ4v) is 3.59. The molecule has 1 aliphatic heterocycles. The lowest BCUT2D eigenvalue weighted by Crippen LogP contribution is -2.47. The van der Waals surface area contributed by atoms with Crippen molar-refractivity contribution >= 4 is 39.2 Å². The summed E-state index contributed by atoms with van der Waals surface area (Å²) in [4.78, 5) is 30.0. The molecule has 0 bridgehead atoms. The van der Waals surface area contributed by atoms with E-state index in [1.165, 1.54) is 6.20 Å². The van der Waals surface area contributed by atoms with Crippen molar-refractivity contribution in [1.82, 2.24) is 15.6 Å². The van der Waals surface area contributed by atoms with Gasteiger partial charge >= 0.3 is 6.03 Å².